The Bertz CT molecular complexity index is 511. The highest BCUT2D eigenvalue weighted by molar-refractivity contribution is 5.98. The van der Waals surface area contributed by atoms with E-state index in [-0.39, 0.29) is 5.92 Å². The standard InChI is InChI=1S/C16H18O3/c17-16(12-8-13-2-3-14(9-12)19-13)11-1-4-15-10(7-11)5-6-18-15/h1,4,7,12-14H,2-3,5-6,8-9H2. The van der Waals surface area contributed by atoms with Crippen LogP contribution in [0.4, 0.5) is 0 Å². The SMILES string of the molecule is O=C(c1ccc2c(c1)CCO2)C1CC2CCC(C1)O2. The molecule has 3 nitrogen and oxygen atoms in total. The van der Waals surface area contributed by atoms with Crippen molar-refractivity contribution < 1.29 is 14.3 Å². The van der Waals surface area contributed by atoms with Gasteiger partial charge in [-0.25, -0.2) is 0 Å². The van der Waals surface area contributed by atoms with Gasteiger partial charge in [-0.3, -0.25) is 4.79 Å². The van der Waals surface area contributed by atoms with E-state index in [9.17, 15) is 4.79 Å². The fourth-order valence-electron chi connectivity index (χ4n) is 3.65. The molecule has 3 heteroatoms. The highest BCUT2D eigenvalue weighted by Crippen LogP contribution is 2.37. The smallest absolute Gasteiger partial charge is 0.166 e. The van der Waals surface area contributed by atoms with Gasteiger partial charge in [0.15, 0.2) is 5.78 Å². The fraction of sp³-hybridized carbons (Fsp3) is 0.562. The zero-order valence-electron chi connectivity index (χ0n) is 10.9. The summed E-state index contributed by atoms with van der Waals surface area (Å²) >= 11 is 0. The summed E-state index contributed by atoms with van der Waals surface area (Å²) in [6.45, 7) is 0.744. The van der Waals surface area contributed by atoms with Gasteiger partial charge in [0.05, 0.1) is 18.8 Å². The van der Waals surface area contributed by atoms with Gasteiger partial charge < -0.3 is 9.47 Å². The first-order valence-corrected chi connectivity index (χ1v) is 7.25. The molecule has 3 aliphatic heterocycles. The molecule has 100 valence electrons. The van der Waals surface area contributed by atoms with Crippen molar-refractivity contribution in [2.45, 2.75) is 44.3 Å². The second-order valence-electron chi connectivity index (χ2n) is 5.91. The zero-order chi connectivity index (χ0) is 12.8. The largest absolute Gasteiger partial charge is 0.493 e. The maximum absolute atomic E-state index is 12.6. The first kappa shape index (κ1) is 11.5. The lowest BCUT2D eigenvalue weighted by Gasteiger charge is -2.27. The van der Waals surface area contributed by atoms with Crippen LogP contribution in [0.1, 0.15) is 41.6 Å². The summed E-state index contributed by atoms with van der Waals surface area (Å²) in [5.41, 5.74) is 2.04. The van der Waals surface area contributed by atoms with E-state index in [1.54, 1.807) is 0 Å². The number of carbonyl (C=O) groups is 1. The van der Waals surface area contributed by atoms with E-state index in [1.165, 1.54) is 5.56 Å². The van der Waals surface area contributed by atoms with Crippen molar-refractivity contribution in [3.05, 3.63) is 29.3 Å². The van der Waals surface area contributed by atoms with Gasteiger partial charge in [-0.15, -0.1) is 0 Å². The van der Waals surface area contributed by atoms with E-state index in [4.69, 9.17) is 9.47 Å². The molecule has 3 aliphatic rings. The second-order valence-corrected chi connectivity index (χ2v) is 5.91. The molecule has 19 heavy (non-hydrogen) atoms. The predicted octanol–water partition coefficient (Wildman–Crippen LogP) is 2.76. The Labute approximate surface area is 112 Å². The van der Waals surface area contributed by atoms with E-state index in [0.717, 1.165) is 50.0 Å². The predicted molar refractivity (Wildman–Crippen MR) is 70.6 cm³/mol. The first-order chi connectivity index (χ1) is 9.29. The average molecular weight is 258 g/mol. The van der Waals surface area contributed by atoms with E-state index >= 15 is 0 Å². The molecule has 3 heterocycles. The van der Waals surface area contributed by atoms with Crippen LogP contribution in [0, 0.1) is 5.92 Å². The molecule has 2 unspecified atom stereocenters. The number of hydrogen-bond acceptors (Lipinski definition) is 3. The minimum atomic E-state index is 0.159. The molecule has 0 aromatic heterocycles. The van der Waals surface area contributed by atoms with Crippen molar-refractivity contribution in [1.29, 1.82) is 0 Å². The van der Waals surface area contributed by atoms with Crippen LogP contribution >= 0.6 is 0 Å². The lowest BCUT2D eigenvalue weighted by molar-refractivity contribution is -0.0149. The Morgan fingerprint density at radius 1 is 1.16 bits per heavy atom. The number of carbonyl (C=O) groups excluding carboxylic acids is 1. The van der Waals surface area contributed by atoms with E-state index in [2.05, 4.69) is 0 Å². The molecular weight excluding hydrogens is 240 g/mol. The van der Waals surface area contributed by atoms with Crippen LogP contribution in [0.5, 0.6) is 5.75 Å². The van der Waals surface area contributed by atoms with Crippen molar-refractivity contribution in [1.82, 2.24) is 0 Å². The van der Waals surface area contributed by atoms with Gasteiger partial charge in [-0.1, -0.05) is 0 Å². The normalized spacial score (nSPS) is 31.9. The Morgan fingerprint density at radius 3 is 2.74 bits per heavy atom. The average Bonchev–Trinajstić information content (AvgIpc) is 3.03. The van der Waals surface area contributed by atoms with Crippen molar-refractivity contribution >= 4 is 5.78 Å². The molecular formula is C16H18O3. The summed E-state index contributed by atoms with van der Waals surface area (Å²) in [6, 6.07) is 5.90. The van der Waals surface area contributed by atoms with Crippen LogP contribution in [-0.4, -0.2) is 24.6 Å². The number of hydrogen-bond donors (Lipinski definition) is 0. The molecule has 0 saturated carbocycles. The molecule has 0 spiro atoms. The third kappa shape index (κ3) is 1.96. The van der Waals surface area contributed by atoms with Gasteiger partial charge in [0.2, 0.25) is 0 Å². The number of ether oxygens (including phenoxy) is 2. The van der Waals surface area contributed by atoms with Crippen LogP contribution in [0.3, 0.4) is 0 Å². The summed E-state index contributed by atoms with van der Waals surface area (Å²) in [4.78, 5) is 12.6. The molecule has 0 radical (unpaired) electrons. The Kier molecular flexibility index (Phi) is 2.62. The molecule has 0 N–H and O–H groups in total. The maximum Gasteiger partial charge on any atom is 0.166 e. The Morgan fingerprint density at radius 2 is 1.95 bits per heavy atom. The minimum absolute atomic E-state index is 0.159. The number of ketones is 1. The highest BCUT2D eigenvalue weighted by atomic mass is 16.5. The van der Waals surface area contributed by atoms with E-state index < -0.39 is 0 Å². The minimum Gasteiger partial charge on any atom is -0.493 e. The van der Waals surface area contributed by atoms with Crippen molar-refractivity contribution in [3.8, 4) is 5.75 Å². The molecule has 1 aromatic carbocycles. The summed E-state index contributed by atoms with van der Waals surface area (Å²) in [7, 11) is 0. The summed E-state index contributed by atoms with van der Waals surface area (Å²) in [5.74, 6) is 1.41. The summed E-state index contributed by atoms with van der Waals surface area (Å²) in [6.07, 6.45) is 5.65. The Hall–Kier alpha value is -1.35. The number of fused-ring (bicyclic) bond motifs is 3. The van der Waals surface area contributed by atoms with Gasteiger partial charge in [-0.2, -0.15) is 0 Å². The molecule has 2 bridgehead atoms. The molecule has 0 aliphatic carbocycles. The van der Waals surface area contributed by atoms with Crippen molar-refractivity contribution in [2.24, 2.45) is 5.92 Å². The lowest BCUT2D eigenvalue weighted by Crippen LogP contribution is -2.30. The first-order valence-electron chi connectivity index (χ1n) is 7.25. The van der Waals surface area contributed by atoms with Crippen LogP contribution in [0.25, 0.3) is 0 Å². The summed E-state index contributed by atoms with van der Waals surface area (Å²) in [5, 5.41) is 0. The van der Waals surface area contributed by atoms with E-state index in [1.807, 2.05) is 18.2 Å². The highest BCUT2D eigenvalue weighted by Gasteiger charge is 2.38. The van der Waals surface area contributed by atoms with Crippen LogP contribution in [-0.2, 0) is 11.2 Å². The third-order valence-corrected chi connectivity index (χ3v) is 4.64. The lowest BCUT2D eigenvalue weighted by atomic mass is 9.87. The number of benzene rings is 1. The molecule has 1 aromatic rings. The van der Waals surface area contributed by atoms with Crippen molar-refractivity contribution in [3.63, 3.8) is 0 Å². The van der Waals surface area contributed by atoms with Gasteiger partial charge in [0, 0.05) is 17.9 Å². The van der Waals surface area contributed by atoms with Crippen LogP contribution in [0.15, 0.2) is 18.2 Å². The van der Waals surface area contributed by atoms with Gasteiger partial charge in [-0.05, 0) is 49.4 Å². The Balaban J connectivity index is 1.57. The van der Waals surface area contributed by atoms with Gasteiger partial charge >= 0.3 is 0 Å². The quantitative estimate of drug-likeness (QED) is 0.765. The monoisotopic (exact) mass is 258 g/mol. The second kappa shape index (κ2) is 4.34. The molecule has 4 rings (SSSR count). The number of rotatable bonds is 2. The maximum atomic E-state index is 12.6. The fourth-order valence-corrected chi connectivity index (χ4v) is 3.65. The van der Waals surface area contributed by atoms with E-state index in [0.29, 0.717) is 18.0 Å². The van der Waals surface area contributed by atoms with Crippen molar-refractivity contribution in [2.75, 3.05) is 6.61 Å². The van der Waals surface area contributed by atoms with Gasteiger partial charge in [0.1, 0.15) is 5.75 Å². The van der Waals surface area contributed by atoms with Crippen LogP contribution in [0.2, 0.25) is 0 Å². The molecule has 2 atom stereocenters. The topological polar surface area (TPSA) is 35.5 Å². The third-order valence-electron chi connectivity index (χ3n) is 4.64. The summed E-state index contributed by atoms with van der Waals surface area (Å²) < 4.78 is 11.3. The van der Waals surface area contributed by atoms with Gasteiger partial charge in [0.25, 0.3) is 0 Å². The zero-order valence-corrected chi connectivity index (χ0v) is 10.9. The molecule has 0 amide bonds. The molecule has 2 fully saturated rings. The molecule has 2 saturated heterocycles. The number of Topliss-reactive ketones (excluding diaryl/α,β-unsaturated/α-hetero) is 1. The van der Waals surface area contributed by atoms with Crippen LogP contribution < -0.4 is 4.74 Å².